The highest BCUT2D eigenvalue weighted by Gasteiger charge is 2.15. The van der Waals surface area contributed by atoms with Crippen LogP contribution in [0.3, 0.4) is 0 Å². The smallest absolute Gasteiger partial charge is 0.274 e. The summed E-state index contributed by atoms with van der Waals surface area (Å²) in [6.45, 7) is 4.72. The lowest BCUT2D eigenvalue weighted by Gasteiger charge is -2.19. The van der Waals surface area contributed by atoms with Crippen molar-refractivity contribution in [3.63, 3.8) is 0 Å². The summed E-state index contributed by atoms with van der Waals surface area (Å²) in [7, 11) is 0. The number of rotatable bonds is 4. The van der Waals surface area contributed by atoms with Gasteiger partial charge >= 0.3 is 0 Å². The number of aromatic nitrogens is 1. The molecule has 3 rings (SSSR count). The minimum Gasteiger partial charge on any atom is -0.486 e. The van der Waals surface area contributed by atoms with Gasteiger partial charge in [-0.15, -0.1) is 0 Å². The maximum Gasteiger partial charge on any atom is 0.274 e. The predicted octanol–water partition coefficient (Wildman–Crippen LogP) is 2.24. The lowest BCUT2D eigenvalue weighted by Crippen LogP contribution is -2.30. The average molecular weight is 341 g/mol. The number of amides is 2. The van der Waals surface area contributed by atoms with E-state index >= 15 is 0 Å². The summed E-state index contributed by atoms with van der Waals surface area (Å²) >= 11 is 0. The second-order valence-electron chi connectivity index (χ2n) is 5.87. The molecule has 1 aromatic carbocycles. The van der Waals surface area contributed by atoms with Crippen LogP contribution < -0.4 is 20.1 Å². The number of nitrogens with zero attached hydrogens (tertiary/aromatic N) is 1. The Balaban J connectivity index is 1.74. The molecule has 7 heteroatoms. The number of pyridine rings is 1. The molecular weight excluding hydrogens is 322 g/mol. The third-order valence-corrected chi connectivity index (χ3v) is 3.47. The SMILES string of the molecule is CC(C)NC(=O)c1ccnc(C(=O)Nc2ccc3c(c2)OCCO3)c1. The standard InChI is InChI=1S/C18H19N3O4/c1-11(2)20-17(22)12-5-6-19-14(9-12)18(23)21-13-3-4-15-16(10-13)25-8-7-24-15/h3-6,9-11H,7-8H2,1-2H3,(H,20,22)(H,21,23). The van der Waals surface area contributed by atoms with Crippen LogP contribution in [0.25, 0.3) is 0 Å². The number of carbonyl (C=O) groups is 2. The number of hydrogen-bond acceptors (Lipinski definition) is 5. The van der Waals surface area contributed by atoms with Gasteiger partial charge in [0.05, 0.1) is 0 Å². The fraction of sp³-hybridized carbons (Fsp3) is 0.278. The summed E-state index contributed by atoms with van der Waals surface area (Å²) in [5.74, 6) is 0.582. The number of anilines is 1. The molecular formula is C18H19N3O4. The molecule has 0 atom stereocenters. The maximum atomic E-state index is 12.4. The number of fused-ring (bicyclic) bond motifs is 1. The number of carbonyl (C=O) groups excluding carboxylic acids is 2. The minimum atomic E-state index is -0.407. The van der Waals surface area contributed by atoms with Gasteiger partial charge in [0.1, 0.15) is 18.9 Å². The molecule has 0 aliphatic carbocycles. The molecule has 0 radical (unpaired) electrons. The van der Waals surface area contributed by atoms with Gasteiger partial charge in [-0.3, -0.25) is 14.6 Å². The Morgan fingerprint density at radius 2 is 1.80 bits per heavy atom. The number of hydrogen-bond donors (Lipinski definition) is 2. The molecule has 25 heavy (non-hydrogen) atoms. The van der Waals surface area contributed by atoms with E-state index in [1.807, 2.05) is 13.8 Å². The van der Waals surface area contributed by atoms with Crippen molar-refractivity contribution in [3.8, 4) is 11.5 Å². The monoisotopic (exact) mass is 341 g/mol. The van der Waals surface area contributed by atoms with Crippen molar-refractivity contribution in [1.82, 2.24) is 10.3 Å². The van der Waals surface area contributed by atoms with E-state index in [2.05, 4.69) is 15.6 Å². The first-order chi connectivity index (χ1) is 12.0. The predicted molar refractivity (Wildman–Crippen MR) is 92.2 cm³/mol. The summed E-state index contributed by atoms with van der Waals surface area (Å²) in [5.41, 5.74) is 1.11. The van der Waals surface area contributed by atoms with Gasteiger partial charge in [-0.25, -0.2) is 0 Å². The van der Waals surface area contributed by atoms with Gasteiger partial charge in [0.15, 0.2) is 11.5 Å². The molecule has 2 aromatic rings. The van der Waals surface area contributed by atoms with Gasteiger partial charge in [0.2, 0.25) is 0 Å². The van der Waals surface area contributed by atoms with E-state index in [0.717, 1.165) is 0 Å². The van der Waals surface area contributed by atoms with Crippen LogP contribution >= 0.6 is 0 Å². The van der Waals surface area contributed by atoms with E-state index in [9.17, 15) is 9.59 Å². The Kier molecular flexibility index (Phi) is 4.83. The van der Waals surface area contributed by atoms with Crippen LogP contribution in [-0.2, 0) is 0 Å². The lowest BCUT2D eigenvalue weighted by atomic mass is 10.2. The molecule has 0 unspecified atom stereocenters. The van der Waals surface area contributed by atoms with E-state index in [1.54, 1.807) is 24.3 Å². The van der Waals surface area contributed by atoms with E-state index in [4.69, 9.17) is 9.47 Å². The Labute approximate surface area is 145 Å². The normalized spacial score (nSPS) is 12.6. The van der Waals surface area contributed by atoms with Crippen LogP contribution in [0.2, 0.25) is 0 Å². The van der Waals surface area contributed by atoms with Crippen LogP contribution in [0.4, 0.5) is 5.69 Å². The van der Waals surface area contributed by atoms with Crippen molar-refractivity contribution < 1.29 is 19.1 Å². The van der Waals surface area contributed by atoms with Gasteiger partial charge in [0, 0.05) is 29.6 Å². The number of ether oxygens (including phenoxy) is 2. The minimum absolute atomic E-state index is 0.00987. The van der Waals surface area contributed by atoms with E-state index in [-0.39, 0.29) is 17.6 Å². The highest BCUT2D eigenvalue weighted by Crippen LogP contribution is 2.32. The van der Waals surface area contributed by atoms with Gasteiger partial charge in [-0.05, 0) is 38.1 Å². The summed E-state index contributed by atoms with van der Waals surface area (Å²) in [6.07, 6.45) is 1.44. The fourth-order valence-corrected chi connectivity index (χ4v) is 2.36. The molecule has 0 saturated carbocycles. The topological polar surface area (TPSA) is 89.6 Å². The van der Waals surface area contributed by atoms with E-state index in [0.29, 0.717) is 36.0 Å². The molecule has 1 aliphatic heterocycles. The fourth-order valence-electron chi connectivity index (χ4n) is 2.36. The lowest BCUT2D eigenvalue weighted by molar-refractivity contribution is 0.0943. The first-order valence-corrected chi connectivity index (χ1v) is 8.01. The highest BCUT2D eigenvalue weighted by atomic mass is 16.6. The molecule has 2 amide bonds. The Morgan fingerprint density at radius 1 is 1.04 bits per heavy atom. The molecule has 0 spiro atoms. The number of nitrogens with one attached hydrogen (secondary N) is 2. The van der Waals surface area contributed by atoms with E-state index < -0.39 is 5.91 Å². The molecule has 1 aromatic heterocycles. The highest BCUT2D eigenvalue weighted by molar-refractivity contribution is 6.04. The zero-order chi connectivity index (χ0) is 17.8. The maximum absolute atomic E-state index is 12.4. The molecule has 2 N–H and O–H groups in total. The van der Waals surface area contributed by atoms with Crippen LogP contribution in [0, 0.1) is 0 Å². The second kappa shape index (κ2) is 7.21. The van der Waals surface area contributed by atoms with Crippen molar-refractivity contribution >= 4 is 17.5 Å². The van der Waals surface area contributed by atoms with Crippen LogP contribution in [0.5, 0.6) is 11.5 Å². The third-order valence-electron chi connectivity index (χ3n) is 3.47. The molecule has 1 aliphatic rings. The largest absolute Gasteiger partial charge is 0.486 e. The third kappa shape index (κ3) is 4.06. The van der Waals surface area contributed by atoms with Crippen molar-refractivity contribution in [2.45, 2.75) is 19.9 Å². The van der Waals surface area contributed by atoms with Crippen LogP contribution in [0.1, 0.15) is 34.7 Å². The van der Waals surface area contributed by atoms with Crippen LogP contribution in [0.15, 0.2) is 36.5 Å². The molecule has 0 saturated heterocycles. The van der Waals surface area contributed by atoms with Crippen molar-refractivity contribution in [3.05, 3.63) is 47.8 Å². The molecule has 7 nitrogen and oxygen atoms in total. The van der Waals surface area contributed by atoms with Crippen molar-refractivity contribution in [2.24, 2.45) is 0 Å². The van der Waals surface area contributed by atoms with Crippen LogP contribution in [-0.4, -0.2) is 36.1 Å². The van der Waals surface area contributed by atoms with Gasteiger partial charge in [-0.1, -0.05) is 0 Å². The zero-order valence-corrected chi connectivity index (χ0v) is 14.0. The first kappa shape index (κ1) is 16.8. The second-order valence-corrected chi connectivity index (χ2v) is 5.87. The quantitative estimate of drug-likeness (QED) is 0.890. The van der Waals surface area contributed by atoms with Gasteiger partial charge < -0.3 is 20.1 Å². The molecule has 0 fully saturated rings. The first-order valence-electron chi connectivity index (χ1n) is 8.01. The molecule has 130 valence electrons. The summed E-state index contributed by atoms with van der Waals surface area (Å²) < 4.78 is 10.9. The van der Waals surface area contributed by atoms with Crippen molar-refractivity contribution in [1.29, 1.82) is 0 Å². The molecule has 0 bridgehead atoms. The molecule has 2 heterocycles. The summed E-state index contributed by atoms with van der Waals surface area (Å²) in [4.78, 5) is 28.5. The number of benzene rings is 1. The summed E-state index contributed by atoms with van der Waals surface area (Å²) in [6, 6.07) is 8.20. The summed E-state index contributed by atoms with van der Waals surface area (Å²) in [5, 5.41) is 5.53. The Bertz CT molecular complexity index is 805. The Hall–Kier alpha value is -3.09. The Morgan fingerprint density at radius 3 is 2.56 bits per heavy atom. The van der Waals surface area contributed by atoms with Gasteiger partial charge in [-0.2, -0.15) is 0 Å². The van der Waals surface area contributed by atoms with Gasteiger partial charge in [0.25, 0.3) is 11.8 Å². The zero-order valence-electron chi connectivity index (χ0n) is 14.0. The van der Waals surface area contributed by atoms with Crippen molar-refractivity contribution in [2.75, 3.05) is 18.5 Å². The van der Waals surface area contributed by atoms with E-state index in [1.165, 1.54) is 12.3 Å². The average Bonchev–Trinajstić information content (AvgIpc) is 2.61.